The zero-order valence-electron chi connectivity index (χ0n) is 15.0. The van der Waals surface area contributed by atoms with Crippen molar-refractivity contribution in [3.05, 3.63) is 65.1 Å². The summed E-state index contributed by atoms with van der Waals surface area (Å²) in [7, 11) is 1.65. The monoisotopic (exact) mass is 364 g/mol. The van der Waals surface area contributed by atoms with Crippen LogP contribution in [0.25, 0.3) is 0 Å². The molecule has 1 fully saturated rings. The largest absolute Gasteiger partial charge is 0.497 e. The molecule has 3 aromatic rings. The fourth-order valence-corrected chi connectivity index (χ4v) is 3.69. The average Bonchev–Trinajstić information content (AvgIpc) is 3.25. The van der Waals surface area contributed by atoms with E-state index in [0.29, 0.717) is 24.8 Å². The molecule has 1 unspecified atom stereocenters. The van der Waals surface area contributed by atoms with Crippen LogP contribution < -0.4 is 4.74 Å². The molecule has 1 aliphatic heterocycles. The molecule has 1 atom stereocenters. The molecule has 1 saturated carbocycles. The highest BCUT2D eigenvalue weighted by molar-refractivity contribution is 5.91. The van der Waals surface area contributed by atoms with Crippen LogP contribution in [0.5, 0.6) is 5.75 Å². The van der Waals surface area contributed by atoms with E-state index in [0.717, 1.165) is 41.2 Å². The maximum Gasteiger partial charge on any atom is 0.292 e. The number of carbonyl (C=O) groups excluding carboxylic acids is 1. The summed E-state index contributed by atoms with van der Waals surface area (Å²) in [6.07, 6.45) is 3.94. The topological polar surface area (TPSA) is 84.2 Å². The number of rotatable bonds is 4. The lowest BCUT2D eigenvalue weighted by molar-refractivity contribution is 0.0679. The molecule has 2 aliphatic rings. The van der Waals surface area contributed by atoms with Crippen LogP contribution in [0.4, 0.5) is 0 Å². The van der Waals surface area contributed by atoms with Gasteiger partial charge in [0.15, 0.2) is 0 Å². The molecule has 0 saturated heterocycles. The number of nitrogens with zero attached hydrogens (tertiary/aromatic N) is 3. The number of amides is 1. The highest BCUT2D eigenvalue weighted by atomic mass is 16.5. The fourth-order valence-electron chi connectivity index (χ4n) is 3.69. The van der Waals surface area contributed by atoms with Crippen molar-refractivity contribution in [3.63, 3.8) is 0 Å². The Labute approximate surface area is 156 Å². The van der Waals surface area contributed by atoms with E-state index >= 15 is 0 Å². The lowest BCUT2D eigenvalue weighted by Crippen LogP contribution is -2.38. The van der Waals surface area contributed by atoms with Crippen LogP contribution in [0.2, 0.25) is 0 Å². The maximum atomic E-state index is 13.0. The van der Waals surface area contributed by atoms with Crippen molar-refractivity contribution in [1.29, 1.82) is 0 Å². The van der Waals surface area contributed by atoms with Crippen LogP contribution in [0, 0.1) is 0 Å². The van der Waals surface area contributed by atoms with E-state index in [1.165, 1.54) is 0 Å². The highest BCUT2D eigenvalue weighted by Crippen LogP contribution is 2.40. The number of imidazole rings is 1. The van der Waals surface area contributed by atoms with E-state index in [4.69, 9.17) is 9.26 Å². The van der Waals surface area contributed by atoms with E-state index in [2.05, 4.69) is 15.1 Å². The van der Waals surface area contributed by atoms with Crippen molar-refractivity contribution >= 4 is 5.91 Å². The van der Waals surface area contributed by atoms with Gasteiger partial charge < -0.3 is 19.1 Å². The van der Waals surface area contributed by atoms with Crippen molar-refractivity contribution < 1.29 is 14.1 Å². The van der Waals surface area contributed by atoms with Crippen LogP contribution >= 0.6 is 0 Å². The van der Waals surface area contributed by atoms with Crippen LogP contribution in [0.1, 0.15) is 57.9 Å². The summed E-state index contributed by atoms with van der Waals surface area (Å²) in [5.41, 5.74) is 3.93. The number of carbonyl (C=O) groups is 1. The highest BCUT2D eigenvalue weighted by Gasteiger charge is 2.34. The van der Waals surface area contributed by atoms with Crippen LogP contribution in [-0.4, -0.2) is 39.6 Å². The van der Waals surface area contributed by atoms with Gasteiger partial charge in [-0.2, -0.15) is 0 Å². The third-order valence-corrected chi connectivity index (χ3v) is 5.37. The molecular formula is C20H20N4O3. The minimum absolute atomic E-state index is 0.000630. The molecule has 5 rings (SSSR count). The van der Waals surface area contributed by atoms with Gasteiger partial charge in [0.05, 0.1) is 37.1 Å². The number of hydrogen-bond acceptors (Lipinski definition) is 5. The van der Waals surface area contributed by atoms with Gasteiger partial charge >= 0.3 is 0 Å². The molecule has 0 spiro atoms. The first-order valence-corrected chi connectivity index (χ1v) is 9.15. The van der Waals surface area contributed by atoms with Gasteiger partial charge in [0.25, 0.3) is 5.91 Å². The first-order chi connectivity index (χ1) is 13.2. The van der Waals surface area contributed by atoms with E-state index in [9.17, 15) is 4.79 Å². The molecule has 0 bridgehead atoms. The second-order valence-electron chi connectivity index (χ2n) is 7.17. The Morgan fingerprint density at radius 1 is 1.30 bits per heavy atom. The Hall–Kier alpha value is -3.09. The number of nitrogens with one attached hydrogen (secondary N) is 1. The summed E-state index contributed by atoms with van der Waals surface area (Å²) in [5, 5.41) is 4.07. The fraction of sp³-hybridized carbons (Fsp3) is 0.350. The van der Waals surface area contributed by atoms with Gasteiger partial charge in [-0.05, 0) is 30.5 Å². The van der Waals surface area contributed by atoms with Gasteiger partial charge in [-0.25, -0.2) is 4.98 Å². The van der Waals surface area contributed by atoms with Crippen LogP contribution in [0.3, 0.4) is 0 Å². The Balaban J connectivity index is 1.43. The predicted molar refractivity (Wildman–Crippen MR) is 96.6 cm³/mol. The van der Waals surface area contributed by atoms with Gasteiger partial charge in [0.1, 0.15) is 5.75 Å². The van der Waals surface area contributed by atoms with Crippen molar-refractivity contribution in [2.45, 2.75) is 31.2 Å². The quantitative estimate of drug-likeness (QED) is 0.769. The number of hydrogen-bond donors (Lipinski definition) is 1. The van der Waals surface area contributed by atoms with Crippen molar-refractivity contribution in [1.82, 2.24) is 20.0 Å². The van der Waals surface area contributed by atoms with Crippen LogP contribution in [0.15, 0.2) is 41.2 Å². The molecule has 7 nitrogen and oxygen atoms in total. The van der Waals surface area contributed by atoms with E-state index in [-0.39, 0.29) is 11.8 Å². The van der Waals surface area contributed by atoms with Crippen molar-refractivity contribution in [3.8, 4) is 5.75 Å². The van der Waals surface area contributed by atoms with Crippen LogP contribution in [-0.2, 0) is 6.54 Å². The number of benzene rings is 1. The van der Waals surface area contributed by atoms with E-state index in [1.54, 1.807) is 24.4 Å². The SMILES string of the molecule is COc1ccc(C2CN(C(=O)c3cc(C4CC4)no3)Cc3[nH]cnc32)cc1. The summed E-state index contributed by atoms with van der Waals surface area (Å²) in [4.78, 5) is 22.5. The molecule has 27 heavy (non-hydrogen) atoms. The molecule has 1 N–H and O–H groups in total. The van der Waals surface area contributed by atoms with E-state index < -0.39 is 0 Å². The second-order valence-corrected chi connectivity index (χ2v) is 7.17. The standard InChI is InChI=1S/C20H20N4O3/c1-26-14-6-4-12(5-7-14)15-9-24(10-17-19(15)22-11-21-17)20(25)18-8-16(23-27-18)13-2-3-13/h4-8,11,13,15H,2-3,9-10H2,1H3,(H,21,22). The summed E-state index contributed by atoms with van der Waals surface area (Å²) >= 11 is 0. The summed E-state index contributed by atoms with van der Waals surface area (Å²) < 4.78 is 10.6. The number of methoxy groups -OCH3 is 1. The number of fused-ring (bicyclic) bond motifs is 1. The third kappa shape index (κ3) is 2.89. The smallest absolute Gasteiger partial charge is 0.292 e. The normalized spacial score (nSPS) is 19.0. The molecule has 0 radical (unpaired) electrons. The Morgan fingerprint density at radius 2 is 2.11 bits per heavy atom. The molecule has 1 amide bonds. The second kappa shape index (κ2) is 6.26. The summed E-state index contributed by atoms with van der Waals surface area (Å²) in [5.74, 6) is 1.45. The van der Waals surface area contributed by atoms with Crippen molar-refractivity contribution in [2.75, 3.05) is 13.7 Å². The molecule has 138 valence electrons. The molecule has 2 aromatic heterocycles. The number of H-pyrrole nitrogens is 1. The zero-order chi connectivity index (χ0) is 18.4. The van der Waals surface area contributed by atoms with Gasteiger partial charge in [0, 0.05) is 24.4 Å². The van der Waals surface area contributed by atoms with Gasteiger partial charge in [-0.15, -0.1) is 0 Å². The Morgan fingerprint density at radius 3 is 2.85 bits per heavy atom. The third-order valence-electron chi connectivity index (χ3n) is 5.37. The number of aromatic nitrogens is 3. The predicted octanol–water partition coefficient (Wildman–Crippen LogP) is 3.07. The zero-order valence-corrected chi connectivity index (χ0v) is 15.0. The molecule has 1 aliphatic carbocycles. The molecule has 1 aromatic carbocycles. The minimum atomic E-state index is -0.131. The summed E-state index contributed by atoms with van der Waals surface area (Å²) in [6, 6.07) is 9.71. The summed E-state index contributed by atoms with van der Waals surface area (Å²) in [6.45, 7) is 1.03. The number of ether oxygens (including phenoxy) is 1. The Bertz CT molecular complexity index is 971. The maximum absolute atomic E-state index is 13.0. The van der Waals surface area contributed by atoms with E-state index in [1.807, 2.05) is 24.3 Å². The molecule has 3 heterocycles. The average molecular weight is 364 g/mol. The van der Waals surface area contributed by atoms with Gasteiger partial charge in [-0.3, -0.25) is 4.79 Å². The molecule has 7 heteroatoms. The lowest BCUT2D eigenvalue weighted by atomic mass is 9.90. The first kappa shape index (κ1) is 16.1. The number of aromatic amines is 1. The molecular weight excluding hydrogens is 344 g/mol. The van der Waals surface area contributed by atoms with Gasteiger partial charge in [0.2, 0.25) is 5.76 Å². The lowest BCUT2D eigenvalue weighted by Gasteiger charge is -2.31. The van der Waals surface area contributed by atoms with Gasteiger partial charge in [-0.1, -0.05) is 17.3 Å². The Kier molecular flexibility index (Phi) is 3.74. The minimum Gasteiger partial charge on any atom is -0.497 e. The first-order valence-electron chi connectivity index (χ1n) is 9.15. The van der Waals surface area contributed by atoms with Crippen molar-refractivity contribution in [2.24, 2.45) is 0 Å².